The second-order valence-corrected chi connectivity index (χ2v) is 5.23. The number of ether oxygens (including phenoxy) is 2. The number of benzene rings is 1. The Hall–Kier alpha value is -1.17. The molecule has 110 valence electrons. The molecule has 2 atom stereocenters. The van der Waals surface area contributed by atoms with Crippen LogP contribution in [-0.4, -0.2) is 37.9 Å². The Morgan fingerprint density at radius 3 is 3.10 bits per heavy atom. The molecular formula is C14H17ClFNO3. The van der Waals surface area contributed by atoms with E-state index < -0.39 is 5.82 Å². The molecule has 1 saturated heterocycles. The van der Waals surface area contributed by atoms with E-state index in [2.05, 4.69) is 5.32 Å². The van der Waals surface area contributed by atoms with E-state index in [1.54, 1.807) is 0 Å². The highest BCUT2D eigenvalue weighted by molar-refractivity contribution is 6.31. The van der Waals surface area contributed by atoms with Gasteiger partial charge in [-0.1, -0.05) is 11.6 Å². The van der Waals surface area contributed by atoms with Crippen molar-refractivity contribution in [3.05, 3.63) is 34.6 Å². The quantitative estimate of drug-likeness (QED) is 0.908. The van der Waals surface area contributed by atoms with Crippen molar-refractivity contribution in [3.63, 3.8) is 0 Å². The van der Waals surface area contributed by atoms with Gasteiger partial charge in [0.15, 0.2) is 0 Å². The van der Waals surface area contributed by atoms with Crippen LogP contribution in [0, 0.1) is 5.82 Å². The average molecular weight is 302 g/mol. The van der Waals surface area contributed by atoms with Gasteiger partial charge in [-0.05, 0) is 31.5 Å². The molecule has 0 radical (unpaired) electrons. The first-order valence-electron chi connectivity index (χ1n) is 6.51. The van der Waals surface area contributed by atoms with Crippen molar-refractivity contribution in [3.8, 4) is 0 Å². The van der Waals surface area contributed by atoms with Gasteiger partial charge in [-0.3, -0.25) is 4.79 Å². The Balaban J connectivity index is 1.81. The van der Waals surface area contributed by atoms with Crippen molar-refractivity contribution in [1.29, 1.82) is 0 Å². The van der Waals surface area contributed by atoms with Gasteiger partial charge in [0.1, 0.15) is 5.82 Å². The zero-order valence-electron chi connectivity index (χ0n) is 11.2. The normalized spacial score (nSPS) is 19.9. The zero-order chi connectivity index (χ0) is 14.5. The molecule has 0 unspecified atom stereocenters. The molecule has 1 amide bonds. The summed E-state index contributed by atoms with van der Waals surface area (Å²) >= 11 is 5.65. The maximum absolute atomic E-state index is 13.0. The summed E-state index contributed by atoms with van der Waals surface area (Å²) < 4.78 is 23.8. The lowest BCUT2D eigenvalue weighted by atomic mass is 10.2. The predicted octanol–water partition coefficient (Wildman–Crippen LogP) is 2.40. The standard InChI is InChI=1S/C14H17ClFNO3/c1-9(7-20-11-4-5-19-8-11)17-14(18)10-2-3-13(16)12(15)6-10/h2-3,6,9,11H,4-5,7-8H2,1H3,(H,17,18)/t9-,11-/m1/s1. The third-order valence-electron chi connectivity index (χ3n) is 3.03. The molecule has 6 heteroatoms. The van der Waals surface area contributed by atoms with Crippen LogP contribution in [-0.2, 0) is 9.47 Å². The van der Waals surface area contributed by atoms with Crippen LogP contribution in [0.1, 0.15) is 23.7 Å². The van der Waals surface area contributed by atoms with E-state index in [4.69, 9.17) is 21.1 Å². The third kappa shape index (κ3) is 4.16. The summed E-state index contributed by atoms with van der Waals surface area (Å²) in [4.78, 5) is 11.9. The van der Waals surface area contributed by atoms with Gasteiger partial charge < -0.3 is 14.8 Å². The van der Waals surface area contributed by atoms with E-state index >= 15 is 0 Å². The highest BCUT2D eigenvalue weighted by Crippen LogP contribution is 2.16. The topological polar surface area (TPSA) is 47.6 Å². The summed E-state index contributed by atoms with van der Waals surface area (Å²) in [6, 6.07) is 3.74. The number of hydrogen-bond donors (Lipinski definition) is 1. The molecule has 1 aliphatic heterocycles. The smallest absolute Gasteiger partial charge is 0.251 e. The van der Waals surface area contributed by atoms with Gasteiger partial charge in [-0.2, -0.15) is 0 Å². The number of amides is 1. The van der Waals surface area contributed by atoms with Crippen molar-refractivity contribution in [2.24, 2.45) is 0 Å². The Morgan fingerprint density at radius 2 is 2.45 bits per heavy atom. The van der Waals surface area contributed by atoms with E-state index in [1.807, 2.05) is 6.92 Å². The van der Waals surface area contributed by atoms with Crippen molar-refractivity contribution < 1.29 is 18.7 Å². The lowest BCUT2D eigenvalue weighted by molar-refractivity contribution is 0.0318. The van der Waals surface area contributed by atoms with Crippen molar-refractivity contribution in [1.82, 2.24) is 5.32 Å². The molecular weight excluding hydrogens is 285 g/mol. The van der Waals surface area contributed by atoms with Gasteiger partial charge >= 0.3 is 0 Å². The Morgan fingerprint density at radius 1 is 1.65 bits per heavy atom. The van der Waals surface area contributed by atoms with E-state index in [0.717, 1.165) is 13.0 Å². The first-order chi connectivity index (χ1) is 9.56. The van der Waals surface area contributed by atoms with Crippen molar-refractivity contribution in [2.75, 3.05) is 19.8 Å². The third-order valence-corrected chi connectivity index (χ3v) is 3.32. The highest BCUT2D eigenvalue weighted by Gasteiger charge is 2.18. The molecule has 1 aromatic carbocycles. The molecule has 2 rings (SSSR count). The van der Waals surface area contributed by atoms with Crippen molar-refractivity contribution in [2.45, 2.75) is 25.5 Å². The number of carbonyl (C=O) groups excluding carboxylic acids is 1. The number of nitrogens with one attached hydrogen (secondary N) is 1. The fraction of sp³-hybridized carbons (Fsp3) is 0.500. The highest BCUT2D eigenvalue weighted by atomic mass is 35.5. The fourth-order valence-electron chi connectivity index (χ4n) is 1.91. The molecule has 20 heavy (non-hydrogen) atoms. The van der Waals surface area contributed by atoms with Crippen LogP contribution in [0.5, 0.6) is 0 Å². The summed E-state index contributed by atoms with van der Waals surface area (Å²) in [5, 5.41) is 2.72. The molecule has 1 aromatic rings. The minimum Gasteiger partial charge on any atom is -0.379 e. The van der Waals surface area contributed by atoms with E-state index in [9.17, 15) is 9.18 Å². The molecule has 0 spiro atoms. The van der Waals surface area contributed by atoms with E-state index in [0.29, 0.717) is 18.8 Å². The molecule has 0 bridgehead atoms. The maximum Gasteiger partial charge on any atom is 0.251 e. The second kappa shape index (κ2) is 7.02. The first kappa shape index (κ1) is 15.2. The maximum atomic E-state index is 13.0. The van der Waals surface area contributed by atoms with Gasteiger partial charge in [0.2, 0.25) is 0 Å². The van der Waals surface area contributed by atoms with Gasteiger partial charge in [-0.15, -0.1) is 0 Å². The van der Waals surface area contributed by atoms with Gasteiger partial charge in [0.05, 0.1) is 24.3 Å². The van der Waals surface area contributed by atoms with Crippen LogP contribution in [0.15, 0.2) is 18.2 Å². The minimum absolute atomic E-state index is 0.0651. The largest absolute Gasteiger partial charge is 0.379 e. The minimum atomic E-state index is -0.541. The summed E-state index contributed by atoms with van der Waals surface area (Å²) in [6.07, 6.45) is 0.989. The number of halogens is 2. The molecule has 4 nitrogen and oxygen atoms in total. The van der Waals surface area contributed by atoms with Gasteiger partial charge in [0.25, 0.3) is 5.91 Å². The van der Waals surface area contributed by atoms with Gasteiger partial charge in [0, 0.05) is 18.2 Å². The molecule has 1 N–H and O–H groups in total. The molecule has 1 fully saturated rings. The van der Waals surface area contributed by atoms with E-state index in [1.165, 1.54) is 18.2 Å². The van der Waals surface area contributed by atoms with E-state index in [-0.39, 0.29) is 23.1 Å². The van der Waals surface area contributed by atoms with Crippen LogP contribution in [0.3, 0.4) is 0 Å². The first-order valence-corrected chi connectivity index (χ1v) is 6.89. The Bertz CT molecular complexity index is 477. The molecule has 1 heterocycles. The zero-order valence-corrected chi connectivity index (χ0v) is 12.0. The summed E-state index contributed by atoms with van der Waals surface area (Å²) in [6.45, 7) is 3.58. The Labute approximate surface area is 122 Å². The van der Waals surface area contributed by atoms with Crippen molar-refractivity contribution >= 4 is 17.5 Å². The average Bonchev–Trinajstić information content (AvgIpc) is 2.92. The SMILES string of the molecule is C[C@H](CO[C@@H]1CCOC1)NC(=O)c1ccc(F)c(Cl)c1. The second-order valence-electron chi connectivity index (χ2n) is 4.82. The lowest BCUT2D eigenvalue weighted by Crippen LogP contribution is -2.37. The van der Waals surface area contributed by atoms with Crippen LogP contribution in [0.25, 0.3) is 0 Å². The lowest BCUT2D eigenvalue weighted by Gasteiger charge is -2.17. The molecule has 1 aliphatic rings. The monoisotopic (exact) mass is 301 g/mol. The summed E-state index contributed by atoms with van der Waals surface area (Å²) in [5.74, 6) is -0.841. The van der Waals surface area contributed by atoms with Gasteiger partial charge in [-0.25, -0.2) is 4.39 Å². The van der Waals surface area contributed by atoms with Crippen LogP contribution >= 0.6 is 11.6 Å². The fourth-order valence-corrected chi connectivity index (χ4v) is 2.09. The number of rotatable bonds is 5. The molecule has 0 saturated carbocycles. The number of hydrogen-bond acceptors (Lipinski definition) is 3. The summed E-state index contributed by atoms with van der Waals surface area (Å²) in [5.41, 5.74) is 0.326. The number of carbonyl (C=O) groups is 1. The van der Waals surface area contributed by atoms with Crippen LogP contribution < -0.4 is 5.32 Å². The summed E-state index contributed by atoms with van der Waals surface area (Å²) in [7, 11) is 0. The van der Waals surface area contributed by atoms with Crippen LogP contribution in [0.2, 0.25) is 5.02 Å². The van der Waals surface area contributed by atoms with Crippen LogP contribution in [0.4, 0.5) is 4.39 Å². The predicted molar refractivity (Wildman–Crippen MR) is 73.5 cm³/mol. The molecule has 0 aromatic heterocycles. The molecule has 0 aliphatic carbocycles. The Kier molecular flexibility index (Phi) is 5.34.